The summed E-state index contributed by atoms with van der Waals surface area (Å²) in [6.45, 7) is 3.98. The molecule has 0 bridgehead atoms. The van der Waals surface area contributed by atoms with Crippen molar-refractivity contribution in [2.24, 2.45) is 0 Å². The number of ether oxygens (including phenoxy) is 1. The van der Waals surface area contributed by atoms with Crippen molar-refractivity contribution in [3.05, 3.63) is 65.2 Å². The maximum absolute atomic E-state index is 12.1. The first-order valence-corrected chi connectivity index (χ1v) is 8.95. The van der Waals surface area contributed by atoms with Crippen LogP contribution in [0.2, 0.25) is 0 Å². The number of aryl methyl sites for hydroxylation is 1. The Balaban J connectivity index is 1.91. The summed E-state index contributed by atoms with van der Waals surface area (Å²) in [7, 11) is 0. The highest BCUT2D eigenvalue weighted by Crippen LogP contribution is 2.19. The van der Waals surface area contributed by atoms with Gasteiger partial charge in [0.1, 0.15) is 0 Å². The van der Waals surface area contributed by atoms with Crippen molar-refractivity contribution >= 4 is 29.3 Å². The first-order chi connectivity index (χ1) is 11.6. The fourth-order valence-electron chi connectivity index (χ4n) is 2.12. The SMILES string of the molecule is CCOC(=O)c1ccc(C)c(NC(=O)CSCc2ccccc2)c1. The highest BCUT2D eigenvalue weighted by atomic mass is 32.2. The molecule has 0 spiro atoms. The number of carbonyl (C=O) groups excluding carboxylic acids is 2. The summed E-state index contributed by atoms with van der Waals surface area (Å²) in [5, 5.41) is 2.87. The number of benzene rings is 2. The highest BCUT2D eigenvalue weighted by Gasteiger charge is 2.11. The molecule has 0 aliphatic heterocycles. The molecule has 2 rings (SSSR count). The fraction of sp³-hybridized carbons (Fsp3) is 0.263. The minimum absolute atomic E-state index is 0.0833. The molecule has 0 atom stereocenters. The van der Waals surface area contributed by atoms with Crippen molar-refractivity contribution in [1.29, 1.82) is 0 Å². The number of nitrogens with one attached hydrogen (secondary N) is 1. The van der Waals surface area contributed by atoms with Gasteiger partial charge in [0.15, 0.2) is 0 Å². The van der Waals surface area contributed by atoms with Crippen LogP contribution in [0, 0.1) is 6.92 Å². The number of esters is 1. The third-order valence-corrected chi connectivity index (χ3v) is 4.37. The number of amides is 1. The Hall–Kier alpha value is -2.27. The Morgan fingerprint density at radius 2 is 1.88 bits per heavy atom. The van der Waals surface area contributed by atoms with Gasteiger partial charge in [-0.05, 0) is 37.1 Å². The van der Waals surface area contributed by atoms with E-state index in [2.05, 4.69) is 5.32 Å². The molecule has 0 aliphatic rings. The summed E-state index contributed by atoms with van der Waals surface area (Å²) < 4.78 is 4.99. The van der Waals surface area contributed by atoms with E-state index in [-0.39, 0.29) is 11.9 Å². The lowest BCUT2D eigenvalue weighted by molar-refractivity contribution is -0.113. The first kappa shape index (κ1) is 18.1. The van der Waals surface area contributed by atoms with E-state index in [1.807, 2.05) is 37.3 Å². The van der Waals surface area contributed by atoms with Gasteiger partial charge in [0, 0.05) is 11.4 Å². The van der Waals surface area contributed by atoms with Crippen LogP contribution < -0.4 is 5.32 Å². The summed E-state index contributed by atoms with van der Waals surface area (Å²) in [5.41, 5.74) is 3.18. The van der Waals surface area contributed by atoms with Crippen LogP contribution in [-0.4, -0.2) is 24.2 Å². The zero-order valence-corrected chi connectivity index (χ0v) is 14.7. The molecule has 0 aliphatic carbocycles. The predicted molar refractivity (Wildman–Crippen MR) is 98.4 cm³/mol. The van der Waals surface area contributed by atoms with E-state index in [9.17, 15) is 9.59 Å². The van der Waals surface area contributed by atoms with Crippen molar-refractivity contribution in [3.63, 3.8) is 0 Å². The van der Waals surface area contributed by atoms with Crippen LogP contribution in [0.15, 0.2) is 48.5 Å². The third kappa shape index (κ3) is 5.42. The summed E-state index contributed by atoms with van der Waals surface area (Å²) in [6.07, 6.45) is 0. The fourth-order valence-corrected chi connectivity index (χ4v) is 2.91. The summed E-state index contributed by atoms with van der Waals surface area (Å²) in [6, 6.07) is 15.2. The topological polar surface area (TPSA) is 55.4 Å². The average molecular weight is 343 g/mol. The molecule has 0 saturated carbocycles. The van der Waals surface area contributed by atoms with Crippen LogP contribution in [0.3, 0.4) is 0 Å². The average Bonchev–Trinajstić information content (AvgIpc) is 2.58. The van der Waals surface area contributed by atoms with Crippen LogP contribution in [0.25, 0.3) is 0 Å². The summed E-state index contributed by atoms with van der Waals surface area (Å²) >= 11 is 1.55. The van der Waals surface area contributed by atoms with Crippen molar-refractivity contribution in [3.8, 4) is 0 Å². The second-order valence-corrected chi connectivity index (χ2v) is 6.26. The molecule has 0 saturated heterocycles. The number of anilines is 1. The zero-order chi connectivity index (χ0) is 17.4. The van der Waals surface area contributed by atoms with E-state index in [0.29, 0.717) is 23.6 Å². The largest absolute Gasteiger partial charge is 0.462 e. The van der Waals surface area contributed by atoms with Gasteiger partial charge in [-0.25, -0.2) is 4.79 Å². The van der Waals surface area contributed by atoms with Gasteiger partial charge in [0.05, 0.1) is 17.9 Å². The molecular formula is C19H21NO3S. The highest BCUT2D eigenvalue weighted by molar-refractivity contribution is 7.99. The molecule has 0 radical (unpaired) electrons. The van der Waals surface area contributed by atoms with Crippen LogP contribution >= 0.6 is 11.8 Å². The maximum Gasteiger partial charge on any atom is 0.338 e. The standard InChI is InChI=1S/C19H21NO3S/c1-3-23-19(22)16-10-9-14(2)17(11-16)20-18(21)13-24-12-15-7-5-4-6-8-15/h4-11H,3,12-13H2,1-2H3,(H,20,21). The third-order valence-electron chi connectivity index (χ3n) is 3.37. The molecule has 1 N–H and O–H groups in total. The van der Waals surface area contributed by atoms with Crippen LogP contribution in [0.1, 0.15) is 28.4 Å². The maximum atomic E-state index is 12.1. The lowest BCUT2D eigenvalue weighted by Gasteiger charge is -2.10. The molecule has 24 heavy (non-hydrogen) atoms. The van der Waals surface area contributed by atoms with Gasteiger partial charge in [-0.15, -0.1) is 11.8 Å². The molecule has 4 nitrogen and oxygen atoms in total. The number of hydrogen-bond donors (Lipinski definition) is 1. The second-order valence-electron chi connectivity index (χ2n) is 5.28. The molecule has 5 heteroatoms. The lowest BCUT2D eigenvalue weighted by Crippen LogP contribution is -2.16. The van der Waals surface area contributed by atoms with Crippen molar-refractivity contribution in [1.82, 2.24) is 0 Å². The molecule has 0 fully saturated rings. The van der Waals surface area contributed by atoms with Crippen LogP contribution in [0.5, 0.6) is 0 Å². The minimum atomic E-state index is -0.383. The van der Waals surface area contributed by atoms with Crippen LogP contribution in [-0.2, 0) is 15.3 Å². The molecule has 0 heterocycles. The van der Waals surface area contributed by atoms with Crippen molar-refractivity contribution < 1.29 is 14.3 Å². The minimum Gasteiger partial charge on any atom is -0.462 e. The quantitative estimate of drug-likeness (QED) is 0.771. The Bertz CT molecular complexity index is 701. The van der Waals surface area contributed by atoms with Gasteiger partial charge in [0.2, 0.25) is 5.91 Å². The number of rotatable bonds is 7. The second kappa shape index (κ2) is 9.13. The van der Waals surface area contributed by atoms with Gasteiger partial charge >= 0.3 is 5.97 Å². The summed E-state index contributed by atoms with van der Waals surface area (Å²) in [5.74, 6) is 0.681. The van der Waals surface area contributed by atoms with Gasteiger partial charge in [-0.1, -0.05) is 36.4 Å². The van der Waals surface area contributed by atoms with Gasteiger partial charge < -0.3 is 10.1 Å². The predicted octanol–water partition coefficient (Wildman–Crippen LogP) is 4.04. The van der Waals surface area contributed by atoms with Gasteiger partial charge in [0.25, 0.3) is 0 Å². The monoisotopic (exact) mass is 343 g/mol. The van der Waals surface area contributed by atoms with Crippen molar-refractivity contribution in [2.45, 2.75) is 19.6 Å². The van der Waals surface area contributed by atoms with Crippen LogP contribution in [0.4, 0.5) is 5.69 Å². The lowest BCUT2D eigenvalue weighted by atomic mass is 10.1. The summed E-state index contributed by atoms with van der Waals surface area (Å²) in [4.78, 5) is 23.9. The molecule has 1 amide bonds. The Morgan fingerprint density at radius 1 is 1.12 bits per heavy atom. The number of hydrogen-bond acceptors (Lipinski definition) is 4. The molecule has 2 aromatic rings. The molecule has 0 unspecified atom stereocenters. The molecular weight excluding hydrogens is 322 g/mol. The Kier molecular flexibility index (Phi) is 6.88. The van der Waals surface area contributed by atoms with E-state index in [1.54, 1.807) is 36.9 Å². The van der Waals surface area contributed by atoms with E-state index < -0.39 is 0 Å². The zero-order valence-electron chi connectivity index (χ0n) is 13.9. The Morgan fingerprint density at radius 3 is 2.58 bits per heavy atom. The van der Waals surface area contributed by atoms with Gasteiger partial charge in [-0.2, -0.15) is 0 Å². The number of thioether (sulfide) groups is 1. The van der Waals surface area contributed by atoms with E-state index in [0.717, 1.165) is 11.3 Å². The molecule has 0 aromatic heterocycles. The Labute approximate surface area is 146 Å². The smallest absolute Gasteiger partial charge is 0.338 e. The number of carbonyl (C=O) groups is 2. The van der Waals surface area contributed by atoms with E-state index >= 15 is 0 Å². The molecule has 126 valence electrons. The van der Waals surface area contributed by atoms with Gasteiger partial charge in [-0.3, -0.25) is 4.79 Å². The molecule has 2 aromatic carbocycles. The normalized spacial score (nSPS) is 10.2. The first-order valence-electron chi connectivity index (χ1n) is 7.79. The van der Waals surface area contributed by atoms with E-state index in [4.69, 9.17) is 4.74 Å². The van der Waals surface area contributed by atoms with Crippen molar-refractivity contribution in [2.75, 3.05) is 17.7 Å². The van der Waals surface area contributed by atoms with E-state index in [1.165, 1.54) is 5.56 Å².